The molecule has 106 valence electrons. The smallest absolute Gasteiger partial charge is 0.0324 e. The summed E-state index contributed by atoms with van der Waals surface area (Å²) >= 11 is 0. The maximum Gasteiger partial charge on any atom is 0.0324 e. The summed E-state index contributed by atoms with van der Waals surface area (Å²) in [6.07, 6.45) is 3.34. The first-order valence-electron chi connectivity index (χ1n) is 7.35. The van der Waals surface area contributed by atoms with Crippen molar-refractivity contribution in [2.75, 3.05) is 20.1 Å². The predicted molar refractivity (Wildman–Crippen MR) is 82.5 cm³/mol. The number of hydrogen-bond acceptors (Lipinski definition) is 2. The molecule has 1 heterocycles. The third-order valence-corrected chi connectivity index (χ3v) is 4.18. The molecule has 1 atom stereocenters. The van der Waals surface area contributed by atoms with E-state index >= 15 is 0 Å². The molecular weight excluding hydrogens is 232 g/mol. The van der Waals surface area contributed by atoms with Gasteiger partial charge in [-0.25, -0.2) is 0 Å². The Morgan fingerprint density at radius 3 is 2.37 bits per heavy atom. The molecule has 0 saturated carbocycles. The van der Waals surface area contributed by atoms with Gasteiger partial charge in [-0.15, -0.1) is 0 Å². The van der Waals surface area contributed by atoms with Gasteiger partial charge in [0, 0.05) is 12.1 Å². The SMILES string of the molecule is CN1CCCC(N)(Cc2ccc(C(C)(C)C)cc2)C1. The summed E-state index contributed by atoms with van der Waals surface area (Å²) in [4.78, 5) is 2.35. The molecule has 2 rings (SSSR count). The summed E-state index contributed by atoms with van der Waals surface area (Å²) < 4.78 is 0. The second-order valence-corrected chi connectivity index (χ2v) is 7.33. The third-order valence-electron chi connectivity index (χ3n) is 4.18. The van der Waals surface area contributed by atoms with Gasteiger partial charge in [0.25, 0.3) is 0 Å². The highest BCUT2D eigenvalue weighted by Gasteiger charge is 2.30. The molecule has 1 fully saturated rings. The van der Waals surface area contributed by atoms with Gasteiger partial charge in [0.15, 0.2) is 0 Å². The zero-order chi connectivity index (χ0) is 14.1. The van der Waals surface area contributed by atoms with Gasteiger partial charge in [-0.05, 0) is 49.4 Å². The van der Waals surface area contributed by atoms with E-state index in [0.29, 0.717) is 0 Å². The van der Waals surface area contributed by atoms with Crippen LogP contribution >= 0.6 is 0 Å². The average molecular weight is 260 g/mol. The van der Waals surface area contributed by atoms with E-state index in [1.54, 1.807) is 0 Å². The quantitative estimate of drug-likeness (QED) is 0.886. The van der Waals surface area contributed by atoms with Gasteiger partial charge in [-0.1, -0.05) is 45.0 Å². The number of piperidine rings is 1. The largest absolute Gasteiger partial charge is 0.324 e. The topological polar surface area (TPSA) is 29.3 Å². The Balaban J connectivity index is 2.07. The van der Waals surface area contributed by atoms with Crippen LogP contribution in [-0.4, -0.2) is 30.6 Å². The van der Waals surface area contributed by atoms with E-state index in [2.05, 4.69) is 57.0 Å². The molecule has 1 aromatic carbocycles. The van der Waals surface area contributed by atoms with E-state index < -0.39 is 0 Å². The fourth-order valence-corrected chi connectivity index (χ4v) is 3.07. The van der Waals surface area contributed by atoms with Crippen LogP contribution in [0.15, 0.2) is 24.3 Å². The molecule has 19 heavy (non-hydrogen) atoms. The second kappa shape index (κ2) is 5.26. The maximum atomic E-state index is 6.56. The van der Waals surface area contributed by atoms with Gasteiger partial charge >= 0.3 is 0 Å². The molecule has 1 unspecified atom stereocenters. The number of nitrogens with two attached hydrogens (primary N) is 1. The lowest BCUT2D eigenvalue weighted by Crippen LogP contribution is -2.54. The molecule has 2 nitrogen and oxygen atoms in total. The Kier molecular flexibility index (Phi) is 4.03. The molecule has 0 radical (unpaired) electrons. The van der Waals surface area contributed by atoms with Crippen LogP contribution in [0.25, 0.3) is 0 Å². The van der Waals surface area contributed by atoms with E-state index in [4.69, 9.17) is 5.73 Å². The molecule has 0 aliphatic carbocycles. The van der Waals surface area contributed by atoms with Crippen LogP contribution in [0.3, 0.4) is 0 Å². The van der Waals surface area contributed by atoms with Crippen molar-refractivity contribution >= 4 is 0 Å². The average Bonchev–Trinajstić information content (AvgIpc) is 2.27. The van der Waals surface area contributed by atoms with E-state index in [1.165, 1.54) is 24.1 Å². The number of hydrogen-bond donors (Lipinski definition) is 1. The number of nitrogens with zero attached hydrogens (tertiary/aromatic N) is 1. The van der Waals surface area contributed by atoms with Crippen LogP contribution in [0, 0.1) is 0 Å². The number of benzene rings is 1. The summed E-state index contributed by atoms with van der Waals surface area (Å²) in [5.41, 5.74) is 9.50. The lowest BCUT2D eigenvalue weighted by molar-refractivity contribution is 0.178. The fraction of sp³-hybridized carbons (Fsp3) is 0.647. The van der Waals surface area contributed by atoms with Crippen molar-refractivity contribution in [3.8, 4) is 0 Å². The van der Waals surface area contributed by atoms with Crippen molar-refractivity contribution in [1.82, 2.24) is 4.90 Å². The zero-order valence-corrected chi connectivity index (χ0v) is 12.9. The number of likely N-dealkylation sites (N-methyl/N-ethyl adjacent to an activating group) is 1. The maximum absolute atomic E-state index is 6.56. The summed E-state index contributed by atoms with van der Waals surface area (Å²) in [5.74, 6) is 0. The first-order chi connectivity index (χ1) is 8.78. The molecule has 1 saturated heterocycles. The van der Waals surface area contributed by atoms with Crippen molar-refractivity contribution in [1.29, 1.82) is 0 Å². The Morgan fingerprint density at radius 1 is 1.21 bits per heavy atom. The Morgan fingerprint density at radius 2 is 1.84 bits per heavy atom. The highest BCUT2D eigenvalue weighted by Crippen LogP contribution is 2.25. The van der Waals surface area contributed by atoms with Gasteiger partial charge in [-0.3, -0.25) is 0 Å². The van der Waals surface area contributed by atoms with Crippen molar-refractivity contribution in [3.63, 3.8) is 0 Å². The normalized spacial score (nSPS) is 25.5. The summed E-state index contributed by atoms with van der Waals surface area (Å²) in [7, 11) is 2.17. The van der Waals surface area contributed by atoms with Crippen molar-refractivity contribution in [2.45, 2.75) is 51.0 Å². The Bertz CT molecular complexity index is 416. The Labute approximate surface area is 118 Å². The van der Waals surface area contributed by atoms with E-state index in [-0.39, 0.29) is 11.0 Å². The van der Waals surface area contributed by atoms with Crippen molar-refractivity contribution in [3.05, 3.63) is 35.4 Å². The molecule has 0 aromatic heterocycles. The first-order valence-corrected chi connectivity index (χ1v) is 7.35. The second-order valence-electron chi connectivity index (χ2n) is 7.33. The fourth-order valence-electron chi connectivity index (χ4n) is 3.07. The van der Waals surface area contributed by atoms with Gasteiger partial charge < -0.3 is 10.6 Å². The van der Waals surface area contributed by atoms with Crippen LogP contribution in [0.2, 0.25) is 0 Å². The molecule has 1 aliphatic rings. The monoisotopic (exact) mass is 260 g/mol. The zero-order valence-electron chi connectivity index (χ0n) is 12.9. The minimum absolute atomic E-state index is 0.0454. The number of likely N-dealkylation sites (tertiary alicyclic amines) is 1. The summed E-state index contributed by atoms with van der Waals surface area (Å²) in [5, 5.41) is 0. The highest BCUT2D eigenvalue weighted by atomic mass is 15.1. The van der Waals surface area contributed by atoms with Gasteiger partial charge in [0.05, 0.1) is 0 Å². The highest BCUT2D eigenvalue weighted by molar-refractivity contribution is 5.28. The van der Waals surface area contributed by atoms with Crippen molar-refractivity contribution < 1.29 is 0 Å². The van der Waals surface area contributed by atoms with E-state index in [0.717, 1.165) is 19.4 Å². The molecule has 0 spiro atoms. The van der Waals surface area contributed by atoms with Gasteiger partial charge in [0.2, 0.25) is 0 Å². The van der Waals surface area contributed by atoms with Crippen LogP contribution in [0.5, 0.6) is 0 Å². The van der Waals surface area contributed by atoms with Gasteiger partial charge in [-0.2, -0.15) is 0 Å². The standard InChI is InChI=1S/C17H28N2/c1-16(2,3)15-8-6-14(7-9-15)12-17(18)10-5-11-19(4)13-17/h6-9H,5,10-13,18H2,1-4H3. The molecule has 0 amide bonds. The van der Waals surface area contributed by atoms with Crippen LogP contribution in [0.4, 0.5) is 0 Å². The van der Waals surface area contributed by atoms with Crippen molar-refractivity contribution in [2.24, 2.45) is 5.73 Å². The van der Waals surface area contributed by atoms with E-state index in [1.807, 2.05) is 0 Å². The lowest BCUT2D eigenvalue weighted by Gasteiger charge is -2.38. The summed E-state index contributed by atoms with van der Waals surface area (Å²) in [6, 6.07) is 9.02. The first kappa shape index (κ1) is 14.5. The van der Waals surface area contributed by atoms with Gasteiger partial charge in [0.1, 0.15) is 0 Å². The lowest BCUT2D eigenvalue weighted by atomic mass is 9.82. The molecule has 2 heteroatoms. The van der Waals surface area contributed by atoms with E-state index in [9.17, 15) is 0 Å². The Hall–Kier alpha value is -0.860. The summed E-state index contributed by atoms with van der Waals surface area (Å²) in [6.45, 7) is 8.95. The molecule has 1 aliphatic heterocycles. The third kappa shape index (κ3) is 3.80. The predicted octanol–water partition coefficient (Wildman–Crippen LogP) is 2.95. The van der Waals surface area contributed by atoms with Crippen LogP contribution in [0.1, 0.15) is 44.7 Å². The molecule has 1 aromatic rings. The molecular formula is C17H28N2. The number of rotatable bonds is 2. The molecule has 0 bridgehead atoms. The minimum Gasteiger partial charge on any atom is -0.324 e. The van der Waals surface area contributed by atoms with Crippen LogP contribution < -0.4 is 5.73 Å². The molecule has 2 N–H and O–H groups in total. The van der Waals surface area contributed by atoms with Crippen LogP contribution in [-0.2, 0) is 11.8 Å². The minimum atomic E-state index is -0.0454.